The van der Waals surface area contributed by atoms with Gasteiger partial charge in [-0.05, 0) is 47.0 Å². The maximum atomic E-state index is 12.1. The highest BCUT2D eigenvalue weighted by atomic mass is 16.5. The van der Waals surface area contributed by atoms with Gasteiger partial charge in [-0.25, -0.2) is 0 Å². The second-order valence-electron chi connectivity index (χ2n) is 8.65. The van der Waals surface area contributed by atoms with E-state index < -0.39 is 18.1 Å². The maximum absolute atomic E-state index is 12.1. The van der Waals surface area contributed by atoms with Gasteiger partial charge in [0.2, 0.25) is 5.75 Å². The lowest BCUT2D eigenvalue weighted by Gasteiger charge is -2.30. The topological polar surface area (TPSA) is 102 Å². The van der Waals surface area contributed by atoms with E-state index in [1.165, 1.54) is 0 Å². The van der Waals surface area contributed by atoms with Crippen molar-refractivity contribution in [2.45, 2.75) is 25.1 Å². The Morgan fingerprint density at radius 2 is 1.69 bits per heavy atom. The first-order valence-electron chi connectivity index (χ1n) is 11.6. The monoisotopic (exact) mass is 488 g/mol. The molecule has 0 aliphatic carbocycles. The molecule has 1 aromatic heterocycles. The molecule has 4 aromatic rings. The molecule has 5 rings (SSSR count). The fourth-order valence-corrected chi connectivity index (χ4v) is 4.78. The molecule has 0 bridgehead atoms. The van der Waals surface area contributed by atoms with Crippen LogP contribution in [0.4, 0.5) is 0 Å². The summed E-state index contributed by atoms with van der Waals surface area (Å²) < 4.78 is 22.6. The van der Waals surface area contributed by atoms with E-state index in [4.69, 9.17) is 18.9 Å². The van der Waals surface area contributed by atoms with Crippen molar-refractivity contribution < 1.29 is 28.8 Å². The number of ether oxygens (including phenoxy) is 4. The Morgan fingerprint density at radius 1 is 0.972 bits per heavy atom. The number of aromatic nitrogens is 1. The van der Waals surface area contributed by atoms with Crippen LogP contribution in [-0.4, -0.2) is 43.4 Å². The molecule has 2 heterocycles. The third-order valence-corrected chi connectivity index (χ3v) is 6.54. The standard InChI is InChI=1S/C28H28N2O6/c1-33-23-11-17(12-24(34-2)27(23)35-3)25-26-20(14-22(30-25)28(31)32)19-13-18(9-10-21(19)29-26)36-15-16-7-5-4-6-8-16/h4-13,22,25,29-30H,14-15H2,1-3H3,(H,31,32)/t22-,25-/m0/s1. The van der Waals surface area contributed by atoms with Crippen LogP contribution in [0.25, 0.3) is 10.9 Å². The SMILES string of the molecule is COc1cc([C@@H]2N[C@H](C(=O)O)Cc3c2[nH]c2ccc(OCc4ccccc4)cc32)cc(OC)c1OC. The predicted octanol–water partition coefficient (Wildman–Crippen LogP) is 4.46. The Hall–Kier alpha value is -4.17. The van der Waals surface area contributed by atoms with Crippen LogP contribution < -0.4 is 24.3 Å². The Bertz CT molecular complexity index is 1370. The summed E-state index contributed by atoms with van der Waals surface area (Å²) >= 11 is 0. The number of aromatic amines is 1. The maximum Gasteiger partial charge on any atom is 0.321 e. The van der Waals surface area contributed by atoms with E-state index in [2.05, 4.69) is 10.3 Å². The zero-order valence-electron chi connectivity index (χ0n) is 20.3. The smallest absolute Gasteiger partial charge is 0.321 e. The quantitative estimate of drug-likeness (QED) is 0.337. The molecule has 0 saturated heterocycles. The van der Waals surface area contributed by atoms with Crippen LogP contribution in [0.1, 0.15) is 28.4 Å². The number of hydrogen-bond acceptors (Lipinski definition) is 6. The highest BCUT2D eigenvalue weighted by molar-refractivity contribution is 5.88. The van der Waals surface area contributed by atoms with E-state index in [0.717, 1.165) is 39.0 Å². The number of carboxylic acid groups (broad SMARTS) is 1. The number of aliphatic carboxylic acids is 1. The number of hydrogen-bond donors (Lipinski definition) is 3. The molecule has 0 amide bonds. The molecule has 0 saturated carbocycles. The van der Waals surface area contributed by atoms with Gasteiger partial charge in [-0.3, -0.25) is 10.1 Å². The zero-order chi connectivity index (χ0) is 25.2. The van der Waals surface area contributed by atoms with Gasteiger partial charge >= 0.3 is 5.97 Å². The lowest BCUT2D eigenvalue weighted by atomic mass is 9.90. The number of carboxylic acids is 1. The van der Waals surface area contributed by atoms with Gasteiger partial charge in [0, 0.05) is 23.0 Å². The van der Waals surface area contributed by atoms with Crippen molar-refractivity contribution in [3.8, 4) is 23.0 Å². The van der Waals surface area contributed by atoms with Crippen molar-refractivity contribution in [2.24, 2.45) is 0 Å². The van der Waals surface area contributed by atoms with Crippen molar-refractivity contribution >= 4 is 16.9 Å². The van der Waals surface area contributed by atoms with Crippen molar-refractivity contribution in [3.63, 3.8) is 0 Å². The summed E-state index contributed by atoms with van der Waals surface area (Å²) in [5.74, 6) is 1.29. The minimum Gasteiger partial charge on any atom is -0.493 e. The molecule has 2 atom stereocenters. The summed E-state index contributed by atoms with van der Waals surface area (Å²) in [6.07, 6.45) is 0.341. The van der Waals surface area contributed by atoms with Crippen LogP contribution in [0.5, 0.6) is 23.0 Å². The highest BCUT2D eigenvalue weighted by Crippen LogP contribution is 2.43. The molecular weight excluding hydrogens is 460 g/mol. The second-order valence-corrected chi connectivity index (χ2v) is 8.65. The first-order chi connectivity index (χ1) is 17.5. The van der Waals surface area contributed by atoms with Crippen LogP contribution in [0, 0.1) is 0 Å². The lowest BCUT2D eigenvalue weighted by molar-refractivity contribution is -0.139. The minimum absolute atomic E-state index is 0.341. The Balaban J connectivity index is 1.57. The first kappa shape index (κ1) is 23.6. The normalized spacial score (nSPS) is 16.9. The summed E-state index contributed by atoms with van der Waals surface area (Å²) in [5, 5.41) is 14.1. The molecule has 3 N–H and O–H groups in total. The van der Waals surface area contributed by atoms with E-state index in [1.807, 2.05) is 60.7 Å². The van der Waals surface area contributed by atoms with Crippen LogP contribution in [0.3, 0.4) is 0 Å². The molecule has 8 nitrogen and oxygen atoms in total. The summed E-state index contributed by atoms with van der Waals surface area (Å²) in [6, 6.07) is 18.3. The summed E-state index contributed by atoms with van der Waals surface area (Å²) in [6.45, 7) is 0.451. The molecule has 8 heteroatoms. The second kappa shape index (κ2) is 9.83. The van der Waals surface area contributed by atoms with Gasteiger partial charge < -0.3 is 29.0 Å². The van der Waals surface area contributed by atoms with E-state index >= 15 is 0 Å². The number of methoxy groups -OCH3 is 3. The van der Waals surface area contributed by atoms with E-state index in [1.54, 1.807) is 21.3 Å². The van der Waals surface area contributed by atoms with Crippen molar-refractivity contribution in [1.29, 1.82) is 0 Å². The molecule has 1 aliphatic heterocycles. The number of rotatable bonds is 8. The average Bonchev–Trinajstić information content (AvgIpc) is 3.28. The van der Waals surface area contributed by atoms with Gasteiger partial charge in [0.1, 0.15) is 18.4 Å². The molecule has 0 spiro atoms. The number of H-pyrrole nitrogens is 1. The molecule has 3 aromatic carbocycles. The van der Waals surface area contributed by atoms with Gasteiger partial charge in [0.15, 0.2) is 11.5 Å². The van der Waals surface area contributed by atoms with E-state index in [-0.39, 0.29) is 0 Å². The highest BCUT2D eigenvalue weighted by Gasteiger charge is 2.35. The van der Waals surface area contributed by atoms with Gasteiger partial charge in [-0.15, -0.1) is 0 Å². The predicted molar refractivity (Wildman–Crippen MR) is 135 cm³/mol. The van der Waals surface area contributed by atoms with Crippen molar-refractivity contribution in [1.82, 2.24) is 10.3 Å². The Labute approximate surface area is 208 Å². The zero-order valence-corrected chi connectivity index (χ0v) is 20.3. The number of nitrogens with one attached hydrogen (secondary N) is 2. The van der Waals surface area contributed by atoms with E-state index in [9.17, 15) is 9.90 Å². The van der Waals surface area contributed by atoms with Crippen LogP contribution >= 0.6 is 0 Å². The molecule has 0 fully saturated rings. The molecule has 0 unspecified atom stereocenters. The first-order valence-corrected chi connectivity index (χ1v) is 11.6. The summed E-state index contributed by atoms with van der Waals surface area (Å²) in [4.78, 5) is 15.6. The molecule has 1 aliphatic rings. The Morgan fingerprint density at radius 3 is 2.33 bits per heavy atom. The van der Waals surface area contributed by atoms with Crippen LogP contribution in [0.2, 0.25) is 0 Å². The van der Waals surface area contributed by atoms with Gasteiger partial charge in [0.05, 0.1) is 27.4 Å². The fourth-order valence-electron chi connectivity index (χ4n) is 4.78. The molecule has 0 radical (unpaired) electrons. The van der Waals surface area contributed by atoms with Gasteiger partial charge in [-0.1, -0.05) is 30.3 Å². The summed E-state index contributed by atoms with van der Waals surface area (Å²) in [5.41, 5.74) is 4.63. The minimum atomic E-state index is -0.913. The molecule has 36 heavy (non-hydrogen) atoms. The van der Waals surface area contributed by atoms with Crippen LogP contribution in [-0.2, 0) is 17.8 Å². The third-order valence-electron chi connectivity index (χ3n) is 6.54. The van der Waals surface area contributed by atoms with Gasteiger partial charge in [0.25, 0.3) is 0 Å². The van der Waals surface area contributed by atoms with Crippen molar-refractivity contribution in [2.75, 3.05) is 21.3 Å². The largest absolute Gasteiger partial charge is 0.493 e. The molecular formula is C28H28N2O6. The van der Waals surface area contributed by atoms with Gasteiger partial charge in [-0.2, -0.15) is 0 Å². The summed E-state index contributed by atoms with van der Waals surface area (Å²) in [7, 11) is 4.66. The lowest BCUT2D eigenvalue weighted by Crippen LogP contribution is -2.44. The Kier molecular flexibility index (Phi) is 6.43. The van der Waals surface area contributed by atoms with E-state index in [0.29, 0.717) is 30.3 Å². The molecule has 186 valence electrons. The number of carbonyl (C=O) groups is 1. The average molecular weight is 489 g/mol. The number of benzene rings is 3. The third kappa shape index (κ3) is 4.31. The number of fused-ring (bicyclic) bond motifs is 3. The fraction of sp³-hybridized carbons (Fsp3) is 0.250. The van der Waals surface area contributed by atoms with Crippen LogP contribution in [0.15, 0.2) is 60.7 Å². The van der Waals surface area contributed by atoms with Crippen molar-refractivity contribution in [3.05, 3.63) is 83.0 Å².